The Kier molecular flexibility index (Phi) is 3.37. The van der Waals surface area contributed by atoms with Gasteiger partial charge in [0.2, 0.25) is 0 Å². The summed E-state index contributed by atoms with van der Waals surface area (Å²) in [6, 6.07) is 13.2. The van der Waals surface area contributed by atoms with Gasteiger partial charge < -0.3 is 0 Å². The van der Waals surface area contributed by atoms with Gasteiger partial charge in [0, 0.05) is 10.8 Å². The first-order chi connectivity index (χ1) is 9.46. The smallest absolute Gasteiger partial charge is 0.0989 e. The molecule has 2 aromatic rings. The molecular weight excluding hydrogens is 262 g/mol. The molecule has 0 N–H and O–H groups in total. The molecule has 20 heavy (non-hydrogen) atoms. The minimum atomic E-state index is -0.00561. The van der Waals surface area contributed by atoms with Crippen LogP contribution in [0.2, 0.25) is 0 Å². The number of rotatable bonds is 1. The predicted octanol–water partition coefficient (Wildman–Crippen LogP) is 5.06. The number of aliphatic imine (C=N–C) groups is 1. The Balaban J connectivity index is 2.22. The maximum atomic E-state index is 4.98. The van der Waals surface area contributed by atoms with Crippen molar-refractivity contribution in [3.8, 4) is 0 Å². The molecule has 0 spiro atoms. The fraction of sp³-hybridized carbons (Fsp3) is 0.389. The van der Waals surface area contributed by atoms with E-state index in [9.17, 15) is 0 Å². The number of hydrogen-bond acceptors (Lipinski definition) is 2. The topological polar surface area (TPSA) is 12.4 Å². The molecule has 0 atom stereocenters. The largest absolute Gasteiger partial charge is 0.271 e. The molecule has 1 aliphatic heterocycles. The first-order valence-electron chi connectivity index (χ1n) is 7.24. The fourth-order valence-corrected chi connectivity index (χ4v) is 3.91. The van der Waals surface area contributed by atoms with Gasteiger partial charge in [-0.2, -0.15) is 0 Å². The first-order valence-corrected chi connectivity index (χ1v) is 8.12. The predicted molar refractivity (Wildman–Crippen MR) is 91.0 cm³/mol. The Hall–Kier alpha value is -1.28. The van der Waals surface area contributed by atoms with Gasteiger partial charge in [0.05, 0.1) is 10.6 Å². The quantitative estimate of drug-likeness (QED) is 0.712. The summed E-state index contributed by atoms with van der Waals surface area (Å²) in [5, 5.41) is 4.48. The zero-order chi connectivity index (χ0) is 14.3. The van der Waals surface area contributed by atoms with Gasteiger partial charge in [-0.05, 0) is 36.6 Å². The molecule has 1 nitrogen and oxygen atoms in total. The lowest BCUT2D eigenvalue weighted by Gasteiger charge is -2.30. The summed E-state index contributed by atoms with van der Waals surface area (Å²) in [6.45, 7) is 8.93. The summed E-state index contributed by atoms with van der Waals surface area (Å²) >= 11 is 1.88. The van der Waals surface area contributed by atoms with Crippen LogP contribution in [0.25, 0.3) is 10.8 Å². The van der Waals surface area contributed by atoms with Crippen molar-refractivity contribution in [1.82, 2.24) is 0 Å². The van der Waals surface area contributed by atoms with Gasteiger partial charge in [-0.3, -0.25) is 4.99 Å². The number of fused-ring (bicyclic) bond motifs is 3. The van der Waals surface area contributed by atoms with Crippen molar-refractivity contribution in [2.75, 3.05) is 0 Å². The van der Waals surface area contributed by atoms with Gasteiger partial charge in [-0.1, -0.05) is 50.2 Å². The van der Waals surface area contributed by atoms with Crippen molar-refractivity contribution in [2.45, 2.75) is 44.9 Å². The summed E-state index contributed by atoms with van der Waals surface area (Å²) in [4.78, 5) is 4.98. The van der Waals surface area contributed by atoms with E-state index in [0.29, 0.717) is 5.25 Å². The van der Waals surface area contributed by atoms with E-state index in [1.807, 2.05) is 11.8 Å². The van der Waals surface area contributed by atoms with Gasteiger partial charge >= 0.3 is 0 Å². The molecule has 0 bridgehead atoms. The summed E-state index contributed by atoms with van der Waals surface area (Å²) in [7, 11) is 0. The van der Waals surface area contributed by atoms with E-state index in [4.69, 9.17) is 4.99 Å². The van der Waals surface area contributed by atoms with Crippen LogP contribution in [-0.2, 0) is 6.42 Å². The Morgan fingerprint density at radius 1 is 1.10 bits per heavy atom. The summed E-state index contributed by atoms with van der Waals surface area (Å²) in [5.74, 6) is 0. The molecule has 0 aromatic heterocycles. The number of hydrogen-bond donors (Lipinski definition) is 0. The molecule has 2 heteroatoms. The molecule has 104 valence electrons. The van der Waals surface area contributed by atoms with Crippen LogP contribution < -0.4 is 0 Å². The van der Waals surface area contributed by atoms with Gasteiger partial charge in [-0.15, -0.1) is 11.8 Å². The average Bonchev–Trinajstić information content (AvgIpc) is 2.36. The van der Waals surface area contributed by atoms with Crippen molar-refractivity contribution in [2.24, 2.45) is 4.99 Å². The molecule has 0 saturated heterocycles. The zero-order valence-electron chi connectivity index (χ0n) is 12.6. The lowest BCUT2D eigenvalue weighted by molar-refractivity contribution is 0.517. The Bertz CT molecular complexity index is 683. The normalized spacial score (nSPS) is 17.1. The molecule has 1 heterocycles. The second-order valence-corrected chi connectivity index (χ2v) is 7.95. The Morgan fingerprint density at radius 2 is 1.85 bits per heavy atom. The molecule has 3 rings (SSSR count). The van der Waals surface area contributed by atoms with Crippen molar-refractivity contribution in [3.05, 3.63) is 47.5 Å². The summed E-state index contributed by atoms with van der Waals surface area (Å²) in [6.07, 6.45) is 1.02. The van der Waals surface area contributed by atoms with Crippen molar-refractivity contribution < 1.29 is 0 Å². The maximum absolute atomic E-state index is 4.98. The van der Waals surface area contributed by atoms with Gasteiger partial charge in [0.15, 0.2) is 0 Å². The van der Waals surface area contributed by atoms with Crippen molar-refractivity contribution in [1.29, 1.82) is 0 Å². The molecular formula is C18H21NS. The molecule has 0 fully saturated rings. The summed E-state index contributed by atoms with van der Waals surface area (Å²) < 4.78 is 0. The highest BCUT2D eigenvalue weighted by molar-refractivity contribution is 8.14. The van der Waals surface area contributed by atoms with Crippen LogP contribution in [0.15, 0.2) is 41.4 Å². The van der Waals surface area contributed by atoms with E-state index >= 15 is 0 Å². The summed E-state index contributed by atoms with van der Waals surface area (Å²) in [5.41, 5.74) is 2.79. The van der Waals surface area contributed by atoms with Crippen LogP contribution in [0, 0.1) is 0 Å². The maximum Gasteiger partial charge on any atom is 0.0989 e. The minimum absolute atomic E-state index is 0.00561. The number of nitrogens with zero attached hydrogens (tertiary/aromatic N) is 1. The Morgan fingerprint density at radius 3 is 2.60 bits per heavy atom. The SMILES string of the molecule is CC(C)SC1=NC(C)(C)Cc2c1ccc1ccccc21. The zero-order valence-corrected chi connectivity index (χ0v) is 13.4. The van der Waals surface area contributed by atoms with Crippen molar-refractivity contribution >= 4 is 27.6 Å². The second kappa shape index (κ2) is 4.92. The molecule has 2 aromatic carbocycles. The van der Waals surface area contributed by atoms with Crippen LogP contribution in [0.4, 0.5) is 0 Å². The first kappa shape index (κ1) is 13.7. The third kappa shape index (κ3) is 2.49. The highest BCUT2D eigenvalue weighted by Crippen LogP contribution is 2.36. The van der Waals surface area contributed by atoms with E-state index in [2.05, 4.69) is 64.1 Å². The van der Waals surface area contributed by atoms with E-state index in [1.165, 1.54) is 26.9 Å². The Labute approximate surface area is 125 Å². The van der Waals surface area contributed by atoms with E-state index in [1.54, 1.807) is 0 Å². The van der Waals surface area contributed by atoms with Crippen LogP contribution >= 0.6 is 11.8 Å². The minimum Gasteiger partial charge on any atom is -0.271 e. The van der Waals surface area contributed by atoms with Crippen LogP contribution in [0.5, 0.6) is 0 Å². The standard InChI is InChI=1S/C18H21NS/c1-12(2)20-17-15-10-9-13-7-5-6-8-14(13)16(15)11-18(3,4)19-17/h5-10,12H,11H2,1-4H3. The van der Waals surface area contributed by atoms with E-state index in [-0.39, 0.29) is 5.54 Å². The molecule has 0 unspecified atom stereocenters. The van der Waals surface area contributed by atoms with Gasteiger partial charge in [0.1, 0.15) is 0 Å². The highest BCUT2D eigenvalue weighted by Gasteiger charge is 2.28. The molecule has 0 amide bonds. The lowest BCUT2D eigenvalue weighted by Crippen LogP contribution is -2.28. The fourth-order valence-electron chi connectivity index (χ4n) is 2.85. The van der Waals surface area contributed by atoms with E-state index in [0.717, 1.165) is 6.42 Å². The third-order valence-electron chi connectivity index (χ3n) is 3.63. The second-order valence-electron chi connectivity index (χ2n) is 6.39. The average molecular weight is 283 g/mol. The highest BCUT2D eigenvalue weighted by atomic mass is 32.2. The number of benzene rings is 2. The molecule has 0 aliphatic carbocycles. The molecule has 0 radical (unpaired) electrons. The van der Waals surface area contributed by atoms with Crippen LogP contribution in [0.3, 0.4) is 0 Å². The van der Waals surface area contributed by atoms with Crippen molar-refractivity contribution in [3.63, 3.8) is 0 Å². The lowest BCUT2D eigenvalue weighted by atomic mass is 9.86. The van der Waals surface area contributed by atoms with E-state index < -0.39 is 0 Å². The molecule has 1 aliphatic rings. The third-order valence-corrected chi connectivity index (χ3v) is 4.64. The number of thioether (sulfide) groups is 1. The van der Waals surface area contributed by atoms with Gasteiger partial charge in [-0.25, -0.2) is 0 Å². The van der Waals surface area contributed by atoms with Crippen LogP contribution in [0.1, 0.15) is 38.8 Å². The monoisotopic (exact) mass is 283 g/mol. The van der Waals surface area contributed by atoms with Gasteiger partial charge in [0.25, 0.3) is 0 Å². The molecule has 0 saturated carbocycles. The van der Waals surface area contributed by atoms with Crippen LogP contribution in [-0.4, -0.2) is 15.8 Å².